The van der Waals surface area contributed by atoms with Crippen molar-refractivity contribution in [3.63, 3.8) is 0 Å². The Morgan fingerprint density at radius 2 is 1.69 bits per heavy atom. The average Bonchev–Trinajstić information content (AvgIpc) is 2.67. The first-order valence-electron chi connectivity index (χ1n) is 7.99. The van der Waals surface area contributed by atoms with E-state index >= 15 is 0 Å². The van der Waals surface area contributed by atoms with E-state index in [2.05, 4.69) is 5.32 Å². The number of anilines is 1. The predicted molar refractivity (Wildman–Crippen MR) is 99.2 cm³/mol. The van der Waals surface area contributed by atoms with Gasteiger partial charge >= 0.3 is 5.97 Å². The molecule has 26 heavy (non-hydrogen) atoms. The first-order chi connectivity index (χ1) is 12.5. The Hall–Kier alpha value is -3.28. The summed E-state index contributed by atoms with van der Waals surface area (Å²) in [5.41, 5.74) is 1.38. The van der Waals surface area contributed by atoms with Crippen LogP contribution in [0.1, 0.15) is 12.5 Å². The van der Waals surface area contributed by atoms with Crippen molar-refractivity contribution < 1.29 is 23.8 Å². The van der Waals surface area contributed by atoms with Gasteiger partial charge in [-0.1, -0.05) is 12.1 Å². The molecule has 6 nitrogen and oxygen atoms in total. The Morgan fingerprint density at radius 1 is 1.00 bits per heavy atom. The molecule has 0 bridgehead atoms. The minimum atomic E-state index is -0.931. The number of carbonyl (C=O) groups excluding carboxylic acids is 2. The summed E-state index contributed by atoms with van der Waals surface area (Å²) in [6.45, 7) is 1.51. The highest BCUT2D eigenvalue weighted by atomic mass is 16.5. The lowest BCUT2D eigenvalue weighted by atomic mass is 10.2. The normalized spacial score (nSPS) is 11.7. The van der Waals surface area contributed by atoms with Gasteiger partial charge in [0.15, 0.2) is 6.10 Å². The third-order valence-corrected chi connectivity index (χ3v) is 3.53. The maximum absolute atomic E-state index is 12.1. The van der Waals surface area contributed by atoms with Gasteiger partial charge in [0.1, 0.15) is 11.5 Å². The number of methoxy groups -OCH3 is 2. The van der Waals surface area contributed by atoms with Gasteiger partial charge in [0, 0.05) is 11.8 Å². The first kappa shape index (κ1) is 19.1. The molecule has 0 saturated heterocycles. The summed E-state index contributed by atoms with van der Waals surface area (Å²) in [6.07, 6.45) is 1.93. The van der Waals surface area contributed by atoms with Gasteiger partial charge in [-0.25, -0.2) is 4.79 Å². The van der Waals surface area contributed by atoms with Crippen LogP contribution in [-0.2, 0) is 14.3 Å². The molecule has 0 radical (unpaired) electrons. The summed E-state index contributed by atoms with van der Waals surface area (Å²) in [6, 6.07) is 14.1. The minimum absolute atomic E-state index is 0.418. The van der Waals surface area contributed by atoms with E-state index < -0.39 is 18.0 Å². The van der Waals surface area contributed by atoms with E-state index in [-0.39, 0.29) is 0 Å². The van der Waals surface area contributed by atoms with Crippen LogP contribution >= 0.6 is 0 Å². The smallest absolute Gasteiger partial charge is 0.331 e. The molecule has 0 saturated carbocycles. The molecule has 0 fully saturated rings. The molecule has 0 aliphatic carbocycles. The van der Waals surface area contributed by atoms with E-state index in [9.17, 15) is 9.59 Å². The van der Waals surface area contributed by atoms with Crippen LogP contribution < -0.4 is 14.8 Å². The van der Waals surface area contributed by atoms with Crippen LogP contribution in [0, 0.1) is 0 Å². The van der Waals surface area contributed by atoms with Gasteiger partial charge in [0.25, 0.3) is 5.91 Å². The zero-order valence-corrected chi connectivity index (χ0v) is 14.9. The monoisotopic (exact) mass is 355 g/mol. The molecule has 0 aliphatic heterocycles. The van der Waals surface area contributed by atoms with Crippen LogP contribution in [-0.4, -0.2) is 32.2 Å². The van der Waals surface area contributed by atoms with Crippen molar-refractivity contribution in [2.24, 2.45) is 0 Å². The summed E-state index contributed by atoms with van der Waals surface area (Å²) in [5.74, 6) is 0.349. The van der Waals surface area contributed by atoms with E-state index in [0.29, 0.717) is 17.2 Å². The molecule has 2 aromatic rings. The number of rotatable bonds is 7. The number of nitrogens with one attached hydrogen (secondary N) is 1. The molecule has 1 unspecified atom stereocenters. The molecular formula is C20H21NO5. The molecule has 2 rings (SSSR count). The summed E-state index contributed by atoms with van der Waals surface area (Å²) in [4.78, 5) is 24.0. The quantitative estimate of drug-likeness (QED) is 0.609. The fourth-order valence-corrected chi connectivity index (χ4v) is 2.09. The number of hydrogen-bond acceptors (Lipinski definition) is 5. The number of benzene rings is 2. The van der Waals surface area contributed by atoms with Gasteiger partial charge < -0.3 is 19.5 Å². The van der Waals surface area contributed by atoms with Gasteiger partial charge in [-0.2, -0.15) is 0 Å². The van der Waals surface area contributed by atoms with Gasteiger partial charge in [-0.15, -0.1) is 0 Å². The molecule has 0 spiro atoms. The molecule has 1 N–H and O–H groups in total. The van der Waals surface area contributed by atoms with Gasteiger partial charge in [-0.05, 0) is 55.0 Å². The zero-order valence-electron chi connectivity index (χ0n) is 14.9. The third-order valence-electron chi connectivity index (χ3n) is 3.53. The highest BCUT2D eigenvalue weighted by Gasteiger charge is 2.16. The average molecular weight is 355 g/mol. The highest BCUT2D eigenvalue weighted by molar-refractivity contribution is 5.96. The van der Waals surface area contributed by atoms with E-state index in [1.54, 1.807) is 56.7 Å². The number of esters is 1. The van der Waals surface area contributed by atoms with Crippen LogP contribution in [0.5, 0.6) is 11.5 Å². The maximum atomic E-state index is 12.1. The highest BCUT2D eigenvalue weighted by Crippen LogP contribution is 2.16. The first-order valence-corrected chi connectivity index (χ1v) is 7.99. The molecule has 6 heteroatoms. The summed E-state index contributed by atoms with van der Waals surface area (Å²) in [5, 5.41) is 2.67. The molecule has 1 amide bonds. The standard InChI is InChI=1S/C20H21NO5/c1-14(20(23)21-16-8-10-17(24-2)11-9-16)26-19(22)12-7-15-5-4-6-18(13-15)25-3/h4-14H,1-3H3,(H,21,23)/b12-7+. The third kappa shape index (κ3) is 5.66. The SMILES string of the molecule is COc1ccc(NC(=O)C(C)OC(=O)/C=C/c2cccc(OC)c2)cc1. The number of amides is 1. The molecular weight excluding hydrogens is 334 g/mol. The zero-order chi connectivity index (χ0) is 18.9. The van der Waals surface area contributed by atoms with E-state index in [0.717, 1.165) is 5.56 Å². The Morgan fingerprint density at radius 3 is 2.35 bits per heavy atom. The summed E-state index contributed by atoms with van der Waals surface area (Å²) in [7, 11) is 3.13. The number of ether oxygens (including phenoxy) is 3. The van der Waals surface area contributed by atoms with Crippen LogP contribution in [0.4, 0.5) is 5.69 Å². The van der Waals surface area contributed by atoms with Gasteiger partial charge in [0.2, 0.25) is 0 Å². The van der Waals surface area contributed by atoms with Crippen molar-refractivity contribution in [1.82, 2.24) is 0 Å². The van der Waals surface area contributed by atoms with Crippen molar-refractivity contribution in [3.8, 4) is 11.5 Å². The van der Waals surface area contributed by atoms with Crippen LogP contribution in [0.2, 0.25) is 0 Å². The Kier molecular flexibility index (Phi) is 6.79. The lowest BCUT2D eigenvalue weighted by Gasteiger charge is -2.12. The molecule has 2 aromatic carbocycles. The van der Waals surface area contributed by atoms with Gasteiger partial charge in [0.05, 0.1) is 14.2 Å². The largest absolute Gasteiger partial charge is 0.497 e. The van der Waals surface area contributed by atoms with Crippen molar-refractivity contribution in [1.29, 1.82) is 0 Å². The van der Waals surface area contributed by atoms with E-state index in [1.165, 1.54) is 13.0 Å². The maximum Gasteiger partial charge on any atom is 0.331 e. The van der Waals surface area contributed by atoms with Crippen molar-refractivity contribution >= 4 is 23.6 Å². The lowest BCUT2D eigenvalue weighted by molar-refractivity contribution is -0.148. The molecule has 0 aliphatic rings. The second-order valence-corrected chi connectivity index (χ2v) is 5.41. The number of carbonyl (C=O) groups is 2. The fraction of sp³-hybridized carbons (Fsp3) is 0.200. The van der Waals surface area contributed by atoms with Gasteiger partial charge in [-0.3, -0.25) is 4.79 Å². The lowest BCUT2D eigenvalue weighted by Crippen LogP contribution is -2.29. The van der Waals surface area contributed by atoms with Crippen LogP contribution in [0.15, 0.2) is 54.6 Å². The second kappa shape index (κ2) is 9.27. The van der Waals surface area contributed by atoms with Crippen LogP contribution in [0.3, 0.4) is 0 Å². The Balaban J connectivity index is 1.88. The Labute approximate surface area is 152 Å². The predicted octanol–water partition coefficient (Wildman–Crippen LogP) is 3.29. The minimum Gasteiger partial charge on any atom is -0.497 e. The molecule has 0 aromatic heterocycles. The topological polar surface area (TPSA) is 73.9 Å². The van der Waals surface area contributed by atoms with Crippen molar-refractivity contribution in [2.45, 2.75) is 13.0 Å². The number of hydrogen-bond donors (Lipinski definition) is 1. The molecule has 0 heterocycles. The van der Waals surface area contributed by atoms with Crippen LogP contribution in [0.25, 0.3) is 6.08 Å². The Bertz CT molecular complexity index is 783. The summed E-state index contributed by atoms with van der Waals surface area (Å²) >= 11 is 0. The molecule has 1 atom stereocenters. The van der Waals surface area contributed by atoms with E-state index in [4.69, 9.17) is 14.2 Å². The summed E-state index contributed by atoms with van der Waals surface area (Å²) < 4.78 is 15.3. The fourth-order valence-electron chi connectivity index (χ4n) is 2.09. The second-order valence-electron chi connectivity index (χ2n) is 5.41. The molecule has 136 valence electrons. The van der Waals surface area contributed by atoms with Crippen molar-refractivity contribution in [3.05, 3.63) is 60.2 Å². The van der Waals surface area contributed by atoms with E-state index in [1.807, 2.05) is 12.1 Å². The van der Waals surface area contributed by atoms with Crippen molar-refractivity contribution in [2.75, 3.05) is 19.5 Å².